The number of hydrogen-bond acceptors (Lipinski definition) is 3. The summed E-state index contributed by atoms with van der Waals surface area (Å²) in [6, 6.07) is 15.5. The summed E-state index contributed by atoms with van der Waals surface area (Å²) in [4.78, 5) is 25.9. The van der Waals surface area contributed by atoms with Gasteiger partial charge in [0, 0.05) is 12.3 Å². The lowest BCUT2D eigenvalue weighted by molar-refractivity contribution is -0.893. The number of rotatable bonds is 4. The molecule has 2 aromatic carbocycles. The van der Waals surface area contributed by atoms with Gasteiger partial charge in [-0.2, -0.15) is 0 Å². The monoisotopic (exact) mass is 430 g/mol. The molecule has 0 spiro atoms. The zero-order chi connectivity index (χ0) is 20.8. The summed E-state index contributed by atoms with van der Waals surface area (Å²) < 4.78 is 6.29. The number of likely N-dealkylation sites (N-methyl/N-ethyl adjacent to an activating group) is 1. The number of hydrogen-bond donors (Lipinski definition) is 1. The normalized spacial score (nSPS) is 20.3. The highest BCUT2D eigenvalue weighted by Gasteiger charge is 2.46. The number of benzene rings is 2. The topological polar surface area (TPSA) is 66.8 Å². The van der Waals surface area contributed by atoms with Crippen molar-refractivity contribution in [2.24, 2.45) is 0 Å². The molecular weight excluding hydrogens is 404 g/mol. The van der Waals surface area contributed by atoms with Crippen LogP contribution in [0.3, 0.4) is 0 Å². The molecule has 0 aromatic heterocycles. The number of carbonyl (C=O) groups is 2. The minimum absolute atomic E-state index is 0. The third kappa shape index (κ3) is 3.89. The van der Waals surface area contributed by atoms with Gasteiger partial charge in [-0.15, -0.1) is 0 Å². The molecule has 6 nitrogen and oxygen atoms in total. The van der Waals surface area contributed by atoms with Crippen molar-refractivity contribution in [2.75, 3.05) is 34.3 Å². The fourth-order valence-corrected chi connectivity index (χ4v) is 4.49. The minimum atomic E-state index is -0.977. The van der Waals surface area contributed by atoms with Crippen LogP contribution in [0, 0.1) is 0 Å². The molecule has 1 heterocycles. The number of carboxylic acids is 1. The average molecular weight is 431 g/mol. The van der Waals surface area contributed by atoms with Crippen LogP contribution in [0.2, 0.25) is 0 Å². The number of halogens is 1. The first kappa shape index (κ1) is 22.1. The van der Waals surface area contributed by atoms with E-state index in [0.717, 1.165) is 11.1 Å². The lowest BCUT2D eigenvalue weighted by atomic mass is 9.98. The quantitative estimate of drug-likeness (QED) is 0.702. The van der Waals surface area contributed by atoms with Crippen molar-refractivity contribution in [3.05, 3.63) is 59.7 Å². The summed E-state index contributed by atoms with van der Waals surface area (Å²) in [5.41, 5.74) is 4.61. The molecule has 160 valence electrons. The van der Waals surface area contributed by atoms with Gasteiger partial charge >= 0.3 is 12.1 Å². The van der Waals surface area contributed by atoms with Crippen molar-refractivity contribution in [3.63, 3.8) is 0 Å². The van der Waals surface area contributed by atoms with Crippen LogP contribution < -0.4 is 12.4 Å². The Morgan fingerprint density at radius 2 is 1.57 bits per heavy atom. The Balaban J connectivity index is 0.00000256. The van der Waals surface area contributed by atoms with Crippen LogP contribution in [0.5, 0.6) is 0 Å². The number of fused-ring (bicyclic) bond motifs is 3. The number of aliphatic carboxylic acids is 1. The lowest BCUT2D eigenvalue weighted by Gasteiger charge is -2.31. The minimum Gasteiger partial charge on any atom is -1.00 e. The van der Waals surface area contributed by atoms with Gasteiger partial charge in [0.1, 0.15) is 18.7 Å². The summed E-state index contributed by atoms with van der Waals surface area (Å²) in [5, 5.41) is 9.60. The smallest absolute Gasteiger partial charge is 0.410 e. The highest BCUT2D eigenvalue weighted by molar-refractivity contribution is 5.81. The standard InChI is InChI=1S/C23H26N2O4.ClH/c1-25(2,3)15-12-21(22(26)27)24(13-15)23(28)29-14-20-18-10-6-4-8-16(18)17-9-5-7-11-19(17)20;/h4-11,15,20-21H,12-14H2,1-3H3;1H/t15-,21+;/m0./s1. The highest BCUT2D eigenvalue weighted by Crippen LogP contribution is 2.44. The zero-order valence-corrected chi connectivity index (χ0v) is 18.2. The van der Waals surface area contributed by atoms with Crippen LogP contribution in [-0.2, 0) is 9.53 Å². The van der Waals surface area contributed by atoms with Gasteiger partial charge in [-0.1, -0.05) is 48.5 Å². The van der Waals surface area contributed by atoms with Crippen LogP contribution in [0.25, 0.3) is 11.1 Å². The Kier molecular flexibility index (Phi) is 6.11. The molecule has 1 amide bonds. The predicted molar refractivity (Wildman–Crippen MR) is 110 cm³/mol. The van der Waals surface area contributed by atoms with Crippen molar-refractivity contribution >= 4 is 12.1 Å². The number of ether oxygens (including phenoxy) is 1. The molecule has 1 saturated heterocycles. The summed E-state index contributed by atoms with van der Waals surface area (Å²) in [6.07, 6.45) is -0.113. The molecule has 2 atom stereocenters. The van der Waals surface area contributed by atoms with Gasteiger partial charge in [-0.05, 0) is 22.3 Å². The molecule has 0 unspecified atom stereocenters. The van der Waals surface area contributed by atoms with E-state index in [1.165, 1.54) is 16.0 Å². The van der Waals surface area contributed by atoms with Crippen molar-refractivity contribution in [3.8, 4) is 11.1 Å². The van der Waals surface area contributed by atoms with Crippen molar-refractivity contribution in [2.45, 2.75) is 24.4 Å². The molecule has 2 aromatic rings. The van der Waals surface area contributed by atoms with Gasteiger partial charge in [0.05, 0.1) is 27.7 Å². The second kappa shape index (κ2) is 8.28. The van der Waals surface area contributed by atoms with Gasteiger partial charge in [-0.25, -0.2) is 9.59 Å². The predicted octanol–water partition coefficient (Wildman–Crippen LogP) is 0.173. The number of nitrogens with zero attached hydrogens (tertiary/aromatic N) is 2. The largest absolute Gasteiger partial charge is 1.00 e. The first-order valence-electron chi connectivity index (χ1n) is 9.93. The van der Waals surface area contributed by atoms with Crippen LogP contribution in [0.4, 0.5) is 4.79 Å². The Labute approximate surface area is 183 Å². The molecule has 1 aliphatic carbocycles. The Bertz CT molecular complexity index is 911. The van der Waals surface area contributed by atoms with Crippen LogP contribution in [-0.4, -0.2) is 72.9 Å². The SMILES string of the molecule is C[N+](C)(C)[C@H]1C[C@H](C(=O)O)N(C(=O)OCC2c3ccccc3-c3ccccc32)C1.[Cl-]. The second-order valence-electron chi connectivity index (χ2n) is 8.82. The first-order valence-corrected chi connectivity index (χ1v) is 9.93. The number of likely N-dealkylation sites (tertiary alicyclic amines) is 1. The van der Waals surface area contributed by atoms with Gasteiger partial charge in [0.25, 0.3) is 0 Å². The van der Waals surface area contributed by atoms with Crippen molar-refractivity contribution in [1.29, 1.82) is 0 Å². The van der Waals surface area contributed by atoms with E-state index in [4.69, 9.17) is 4.74 Å². The molecule has 1 aliphatic heterocycles. The average Bonchev–Trinajstić information content (AvgIpc) is 3.27. The molecule has 4 rings (SSSR count). The third-order valence-electron chi connectivity index (χ3n) is 6.23. The van der Waals surface area contributed by atoms with Gasteiger partial charge in [-0.3, -0.25) is 4.90 Å². The Morgan fingerprint density at radius 1 is 1.03 bits per heavy atom. The molecule has 30 heavy (non-hydrogen) atoms. The fraction of sp³-hybridized carbons (Fsp3) is 0.391. The Morgan fingerprint density at radius 3 is 2.07 bits per heavy atom. The summed E-state index contributed by atoms with van der Waals surface area (Å²) in [5.74, 6) is -1.01. The van der Waals surface area contributed by atoms with Crippen LogP contribution in [0.1, 0.15) is 23.5 Å². The summed E-state index contributed by atoms with van der Waals surface area (Å²) >= 11 is 0. The fourth-order valence-electron chi connectivity index (χ4n) is 4.49. The number of carbonyl (C=O) groups excluding carboxylic acids is 1. The Hall–Kier alpha value is -2.57. The van der Waals surface area contributed by atoms with E-state index < -0.39 is 18.1 Å². The maximum atomic E-state index is 12.8. The molecule has 2 aliphatic rings. The van der Waals surface area contributed by atoms with Crippen LogP contribution in [0.15, 0.2) is 48.5 Å². The van der Waals surface area contributed by atoms with E-state index in [1.807, 2.05) is 45.4 Å². The van der Waals surface area contributed by atoms with Crippen molar-refractivity contribution in [1.82, 2.24) is 4.90 Å². The number of carboxylic acid groups (broad SMARTS) is 1. The third-order valence-corrected chi connectivity index (χ3v) is 6.23. The van der Waals surface area contributed by atoms with E-state index in [-0.39, 0.29) is 31.0 Å². The zero-order valence-electron chi connectivity index (χ0n) is 17.4. The molecule has 7 heteroatoms. The van der Waals surface area contributed by atoms with E-state index in [9.17, 15) is 14.7 Å². The van der Waals surface area contributed by atoms with Crippen LogP contribution >= 0.6 is 0 Å². The van der Waals surface area contributed by atoms with E-state index in [1.54, 1.807) is 0 Å². The molecule has 1 N–H and O–H groups in total. The van der Waals surface area contributed by atoms with Crippen molar-refractivity contribution < 1.29 is 36.3 Å². The van der Waals surface area contributed by atoms with Gasteiger partial charge in [0.2, 0.25) is 0 Å². The summed E-state index contributed by atoms with van der Waals surface area (Å²) in [6.45, 7) is 0.585. The number of amides is 1. The first-order chi connectivity index (χ1) is 13.8. The van der Waals surface area contributed by atoms with E-state index in [0.29, 0.717) is 17.4 Å². The maximum Gasteiger partial charge on any atom is 0.410 e. The maximum absolute atomic E-state index is 12.8. The van der Waals surface area contributed by atoms with Gasteiger partial charge in [0.15, 0.2) is 0 Å². The molecular formula is C23H27ClN2O4. The summed E-state index contributed by atoms with van der Waals surface area (Å²) in [7, 11) is 6.06. The van der Waals surface area contributed by atoms with E-state index in [2.05, 4.69) is 24.3 Å². The molecule has 0 saturated carbocycles. The van der Waals surface area contributed by atoms with Gasteiger partial charge < -0.3 is 26.7 Å². The molecule has 1 fully saturated rings. The van der Waals surface area contributed by atoms with E-state index >= 15 is 0 Å². The second-order valence-corrected chi connectivity index (χ2v) is 8.82. The molecule has 0 bridgehead atoms. The lowest BCUT2D eigenvalue weighted by Crippen LogP contribution is -3.00. The highest BCUT2D eigenvalue weighted by atomic mass is 35.5. The molecule has 0 radical (unpaired) electrons. The number of quaternary nitrogens is 1.